The third kappa shape index (κ3) is 7.52. The number of amides is 4. The average molecular weight is 464 g/mol. The molecule has 29 heavy (non-hydrogen) atoms. The summed E-state index contributed by atoms with van der Waals surface area (Å²) in [6, 6.07) is 6.53. The molecule has 1 heterocycles. The minimum atomic E-state index is -0.727. The lowest BCUT2D eigenvalue weighted by Gasteiger charge is -2.16. The van der Waals surface area contributed by atoms with Crippen molar-refractivity contribution >= 4 is 39.5 Å². The van der Waals surface area contributed by atoms with Gasteiger partial charge >= 0.3 is 6.03 Å². The Morgan fingerprint density at radius 3 is 2.72 bits per heavy atom. The molecule has 2 rings (SSSR count). The van der Waals surface area contributed by atoms with Crippen molar-refractivity contribution in [2.24, 2.45) is 5.73 Å². The highest BCUT2D eigenvalue weighted by atomic mass is 79.9. The Labute approximate surface area is 179 Å². The first kappa shape index (κ1) is 22.9. The third-order valence-electron chi connectivity index (χ3n) is 4.30. The molecule has 4 amide bonds. The van der Waals surface area contributed by atoms with E-state index in [1.54, 1.807) is 18.2 Å². The fraction of sp³-hybridized carbons (Fsp3) is 0.476. The van der Waals surface area contributed by atoms with Crippen LogP contribution in [0.1, 0.15) is 37.7 Å². The van der Waals surface area contributed by atoms with Gasteiger partial charge in [0.2, 0.25) is 5.91 Å². The molecule has 7 nitrogen and oxygen atoms in total. The van der Waals surface area contributed by atoms with Gasteiger partial charge in [-0.25, -0.2) is 4.79 Å². The van der Waals surface area contributed by atoms with Gasteiger partial charge in [0.05, 0.1) is 6.61 Å². The number of imide groups is 1. The molecule has 0 atom stereocenters. The summed E-state index contributed by atoms with van der Waals surface area (Å²) >= 11 is 3.42. The Morgan fingerprint density at radius 2 is 1.97 bits per heavy atom. The van der Waals surface area contributed by atoms with E-state index in [0.717, 1.165) is 28.8 Å². The Kier molecular flexibility index (Phi) is 9.68. The number of primary amides is 1. The van der Waals surface area contributed by atoms with Crippen LogP contribution in [0.2, 0.25) is 0 Å². The lowest BCUT2D eigenvalue weighted by molar-refractivity contribution is -0.129. The second-order valence-electron chi connectivity index (χ2n) is 6.63. The van der Waals surface area contributed by atoms with Crippen molar-refractivity contribution in [3.8, 4) is 11.8 Å². The molecule has 1 aliphatic heterocycles. The number of nitrogens with zero attached hydrogens (tertiary/aromatic N) is 2. The van der Waals surface area contributed by atoms with Crippen LogP contribution in [0.15, 0.2) is 24.3 Å². The Bertz CT molecular complexity index is 788. The van der Waals surface area contributed by atoms with Crippen molar-refractivity contribution < 1.29 is 19.1 Å². The second kappa shape index (κ2) is 12.2. The molecular formula is C21H26BrN3O4. The highest BCUT2D eigenvalue weighted by Crippen LogP contribution is 2.21. The van der Waals surface area contributed by atoms with Crippen LogP contribution < -0.4 is 10.6 Å². The number of anilines is 1. The maximum absolute atomic E-state index is 12.4. The first-order chi connectivity index (χ1) is 14.0. The largest absolute Gasteiger partial charge is 0.380 e. The van der Waals surface area contributed by atoms with E-state index in [1.165, 1.54) is 24.2 Å². The van der Waals surface area contributed by atoms with E-state index in [2.05, 4.69) is 27.8 Å². The van der Waals surface area contributed by atoms with Gasteiger partial charge < -0.3 is 10.5 Å². The molecule has 1 aromatic carbocycles. The number of halogens is 1. The van der Waals surface area contributed by atoms with Crippen molar-refractivity contribution in [3.05, 3.63) is 29.8 Å². The van der Waals surface area contributed by atoms with Crippen LogP contribution in [-0.4, -0.2) is 54.4 Å². The zero-order valence-electron chi connectivity index (χ0n) is 16.4. The summed E-state index contributed by atoms with van der Waals surface area (Å²) in [7, 11) is 0. The lowest BCUT2D eigenvalue weighted by atomic mass is 10.2. The summed E-state index contributed by atoms with van der Waals surface area (Å²) in [6.45, 7) is 0.815. The molecule has 0 radical (unpaired) electrons. The molecule has 1 saturated heterocycles. The Balaban J connectivity index is 1.82. The summed E-state index contributed by atoms with van der Waals surface area (Å²) in [5, 5.41) is 1.05. The van der Waals surface area contributed by atoms with Crippen LogP contribution in [0.5, 0.6) is 0 Å². The smallest absolute Gasteiger partial charge is 0.332 e. The number of nitrogens with two attached hydrogens (primary N) is 1. The number of urea groups is 1. The lowest BCUT2D eigenvalue weighted by Crippen LogP contribution is -2.39. The molecule has 0 saturated carbocycles. The topological polar surface area (TPSA) is 92.9 Å². The second-order valence-corrected chi connectivity index (χ2v) is 7.43. The molecule has 156 valence electrons. The summed E-state index contributed by atoms with van der Waals surface area (Å²) in [6.07, 6.45) is 5.29. The minimum absolute atomic E-state index is 0.119. The van der Waals surface area contributed by atoms with Gasteiger partial charge in [-0.3, -0.25) is 19.4 Å². The molecule has 1 aliphatic rings. The van der Waals surface area contributed by atoms with Gasteiger partial charge in [0.15, 0.2) is 0 Å². The molecule has 1 fully saturated rings. The number of alkyl halides is 1. The van der Waals surface area contributed by atoms with Gasteiger partial charge in [-0.1, -0.05) is 46.7 Å². The summed E-state index contributed by atoms with van der Waals surface area (Å²) in [5.74, 6) is 4.94. The summed E-state index contributed by atoms with van der Waals surface area (Å²) in [4.78, 5) is 37.6. The van der Waals surface area contributed by atoms with E-state index in [9.17, 15) is 14.4 Å². The monoisotopic (exact) mass is 463 g/mol. The van der Waals surface area contributed by atoms with E-state index in [1.807, 2.05) is 6.07 Å². The van der Waals surface area contributed by atoms with Crippen LogP contribution in [-0.2, 0) is 14.3 Å². The molecule has 1 aromatic rings. The van der Waals surface area contributed by atoms with Crippen molar-refractivity contribution in [1.29, 1.82) is 0 Å². The molecule has 8 heteroatoms. The number of benzene rings is 1. The van der Waals surface area contributed by atoms with Crippen LogP contribution in [0.4, 0.5) is 10.5 Å². The highest BCUT2D eigenvalue weighted by molar-refractivity contribution is 9.09. The van der Waals surface area contributed by atoms with Crippen molar-refractivity contribution in [2.45, 2.75) is 32.1 Å². The van der Waals surface area contributed by atoms with Crippen molar-refractivity contribution in [1.82, 2.24) is 4.90 Å². The van der Waals surface area contributed by atoms with Crippen LogP contribution in [0.3, 0.4) is 0 Å². The van der Waals surface area contributed by atoms with Crippen LogP contribution in [0.25, 0.3) is 0 Å². The van der Waals surface area contributed by atoms with Gasteiger partial charge in [-0.05, 0) is 31.0 Å². The highest BCUT2D eigenvalue weighted by Gasteiger charge is 2.37. The van der Waals surface area contributed by atoms with E-state index in [-0.39, 0.29) is 6.54 Å². The number of rotatable bonds is 11. The molecule has 0 bridgehead atoms. The fourth-order valence-electron chi connectivity index (χ4n) is 2.85. The summed E-state index contributed by atoms with van der Waals surface area (Å²) < 4.78 is 5.58. The number of hydrogen-bond donors (Lipinski definition) is 1. The predicted molar refractivity (Wildman–Crippen MR) is 115 cm³/mol. The molecule has 2 N–H and O–H groups in total. The fourth-order valence-corrected chi connectivity index (χ4v) is 3.24. The standard InChI is InChI=1S/C21H26BrN3O4/c22-11-4-1-2-5-12-29-13-6-3-8-17-9-7-10-18(14-17)24-16-20(27)25(21(24)28)15-19(23)26/h7,9-10,14H,1-2,4-6,11-13,15-16H2,(H2,23,26). The Hall–Kier alpha value is -2.37. The summed E-state index contributed by atoms with van der Waals surface area (Å²) in [5.41, 5.74) is 6.40. The number of hydrogen-bond acceptors (Lipinski definition) is 4. The van der Waals surface area contributed by atoms with E-state index in [4.69, 9.17) is 10.5 Å². The maximum atomic E-state index is 12.4. The number of ether oxygens (including phenoxy) is 1. The van der Waals surface area contributed by atoms with Crippen LogP contribution >= 0.6 is 15.9 Å². The average Bonchev–Trinajstić information content (AvgIpc) is 2.97. The van der Waals surface area contributed by atoms with Gasteiger partial charge in [-0.15, -0.1) is 0 Å². The zero-order chi connectivity index (χ0) is 21.1. The first-order valence-electron chi connectivity index (χ1n) is 9.65. The zero-order valence-corrected chi connectivity index (χ0v) is 17.9. The Morgan fingerprint density at radius 1 is 1.17 bits per heavy atom. The predicted octanol–water partition coefficient (Wildman–Crippen LogP) is 2.65. The quantitative estimate of drug-likeness (QED) is 0.236. The molecular weight excluding hydrogens is 438 g/mol. The van der Waals surface area contributed by atoms with Gasteiger partial charge in [-0.2, -0.15) is 0 Å². The van der Waals surface area contributed by atoms with Crippen molar-refractivity contribution in [3.63, 3.8) is 0 Å². The molecule has 0 unspecified atom stereocenters. The molecule has 0 aliphatic carbocycles. The molecule has 0 aromatic heterocycles. The number of unbranched alkanes of at least 4 members (excludes halogenated alkanes) is 3. The van der Waals surface area contributed by atoms with E-state index in [0.29, 0.717) is 18.7 Å². The van der Waals surface area contributed by atoms with Crippen LogP contribution in [0, 0.1) is 11.8 Å². The SMILES string of the molecule is NC(=O)CN1C(=O)CN(c2cccc(C#CCCOCCCCCCBr)c2)C1=O. The van der Waals surface area contributed by atoms with Gasteiger partial charge in [0.25, 0.3) is 5.91 Å². The first-order valence-corrected chi connectivity index (χ1v) is 10.8. The van der Waals surface area contributed by atoms with E-state index < -0.39 is 24.4 Å². The number of carbonyl (C=O) groups is 3. The molecule has 0 spiro atoms. The minimum Gasteiger partial charge on any atom is -0.380 e. The van der Waals surface area contributed by atoms with Crippen molar-refractivity contribution in [2.75, 3.05) is 36.5 Å². The maximum Gasteiger partial charge on any atom is 0.332 e. The normalized spacial score (nSPS) is 13.6. The number of carbonyl (C=O) groups excluding carboxylic acids is 3. The van der Waals surface area contributed by atoms with Gasteiger partial charge in [0, 0.05) is 29.6 Å². The third-order valence-corrected chi connectivity index (χ3v) is 4.87. The van der Waals surface area contributed by atoms with Gasteiger partial charge in [0.1, 0.15) is 13.1 Å². The van der Waals surface area contributed by atoms with E-state index >= 15 is 0 Å².